The summed E-state index contributed by atoms with van der Waals surface area (Å²) in [4.78, 5) is 26.9. The van der Waals surface area contributed by atoms with E-state index in [0.29, 0.717) is 4.47 Å². The zero-order valence-electron chi connectivity index (χ0n) is 15.5. The van der Waals surface area contributed by atoms with Gasteiger partial charge in [0.15, 0.2) is 9.84 Å². The van der Waals surface area contributed by atoms with Crippen LogP contribution < -0.4 is 5.32 Å². The van der Waals surface area contributed by atoms with Gasteiger partial charge in [-0.1, -0.05) is 4.47 Å². The van der Waals surface area contributed by atoms with Gasteiger partial charge in [0.2, 0.25) is 0 Å². The first-order valence-electron chi connectivity index (χ1n) is 7.80. The molecule has 0 spiro atoms. The van der Waals surface area contributed by atoms with E-state index >= 15 is 0 Å². The first-order valence-corrected chi connectivity index (χ1v) is 11.1. The summed E-state index contributed by atoms with van der Waals surface area (Å²) in [5.74, 6) is -0.803. The topological polar surface area (TPSA) is 153 Å². The van der Waals surface area contributed by atoms with Crippen molar-refractivity contribution in [2.75, 3.05) is 25.7 Å². The van der Waals surface area contributed by atoms with Crippen molar-refractivity contribution in [3.8, 4) is 0 Å². The molecule has 0 aliphatic carbocycles. The lowest BCUT2D eigenvalue weighted by molar-refractivity contribution is -0.385. The van der Waals surface area contributed by atoms with Crippen molar-refractivity contribution in [3.05, 3.63) is 58.1 Å². The molecule has 2 aromatic carbocycles. The van der Waals surface area contributed by atoms with E-state index in [1.807, 2.05) is 0 Å². The van der Waals surface area contributed by atoms with Crippen LogP contribution in [0, 0.1) is 10.1 Å². The summed E-state index contributed by atoms with van der Waals surface area (Å²) in [5, 5.41) is 13.5. The number of carbonyl (C=O) groups is 1. The van der Waals surface area contributed by atoms with Gasteiger partial charge in [-0.2, -0.15) is 0 Å². The second kappa shape index (κ2) is 8.24. The van der Waals surface area contributed by atoms with E-state index < -0.39 is 36.4 Å². The number of amides is 1. The molecule has 1 N–H and O–H groups in total. The second-order valence-electron chi connectivity index (χ2n) is 5.82. The molecule has 11 nitrogen and oxygen atoms in total. The Hall–Kier alpha value is -2.87. The summed E-state index contributed by atoms with van der Waals surface area (Å²) in [6.07, 6.45) is 0.865. The Morgan fingerprint density at radius 1 is 1.07 bits per heavy atom. The molecule has 29 heavy (non-hydrogen) atoms. The molecule has 0 aromatic heterocycles. The van der Waals surface area contributed by atoms with Crippen molar-refractivity contribution in [1.29, 1.82) is 0 Å². The van der Waals surface area contributed by atoms with Crippen molar-refractivity contribution in [2.45, 2.75) is 9.79 Å². The maximum Gasteiger partial charge on any atom is 0.271 e. The zero-order chi connectivity index (χ0) is 22.0. The largest absolute Gasteiger partial charge is 0.322 e. The highest BCUT2D eigenvalue weighted by Crippen LogP contribution is 2.23. The van der Waals surface area contributed by atoms with Crippen LogP contribution in [0.1, 0.15) is 10.4 Å². The molecule has 2 rings (SSSR count). The summed E-state index contributed by atoms with van der Waals surface area (Å²) in [6, 6.07) is 7.90. The van der Waals surface area contributed by atoms with Gasteiger partial charge in [0.05, 0.1) is 21.8 Å². The lowest BCUT2D eigenvalue weighted by Crippen LogP contribution is -2.25. The van der Waals surface area contributed by atoms with Crippen molar-refractivity contribution >= 4 is 37.1 Å². The number of nitrogens with zero attached hydrogens (tertiary/aromatic N) is 2. The molecular formula is C16H17N3O8S2. The Morgan fingerprint density at radius 3 is 2.14 bits per heavy atom. The Morgan fingerprint density at radius 2 is 1.66 bits per heavy atom. The standard InChI is InChI=1S/C16H17N3O8S2/c1-18(27-2)29(25,26)14-6-4-12(5-7-14)17-16(20)11-8-13(19(21)22)10-15(9-11)28(3,23)24/h4-10H,1-3H3,(H,17,20). The second-order valence-corrected chi connectivity index (χ2v) is 9.77. The van der Waals surface area contributed by atoms with Crippen molar-refractivity contribution in [2.24, 2.45) is 0 Å². The van der Waals surface area contributed by atoms with Gasteiger partial charge in [-0.25, -0.2) is 16.8 Å². The molecule has 0 bridgehead atoms. The normalized spacial score (nSPS) is 12.0. The third-order valence-corrected chi connectivity index (χ3v) is 6.58. The first-order chi connectivity index (χ1) is 13.4. The summed E-state index contributed by atoms with van der Waals surface area (Å²) < 4.78 is 48.4. The minimum Gasteiger partial charge on any atom is -0.322 e. The third kappa shape index (κ3) is 5.14. The van der Waals surface area contributed by atoms with Gasteiger partial charge in [-0.15, -0.1) is 0 Å². The molecule has 0 radical (unpaired) electrons. The number of hydrogen-bond acceptors (Lipinski definition) is 8. The van der Waals surface area contributed by atoms with Gasteiger partial charge < -0.3 is 5.32 Å². The van der Waals surface area contributed by atoms with Crippen LogP contribution >= 0.6 is 0 Å². The number of carbonyl (C=O) groups excluding carboxylic acids is 1. The van der Waals surface area contributed by atoms with E-state index in [1.165, 1.54) is 38.4 Å². The molecule has 13 heteroatoms. The van der Waals surface area contributed by atoms with E-state index in [1.54, 1.807) is 0 Å². The Labute approximate surface area is 167 Å². The summed E-state index contributed by atoms with van der Waals surface area (Å²) >= 11 is 0. The van der Waals surface area contributed by atoms with Crippen LogP contribution in [0.2, 0.25) is 0 Å². The molecule has 156 valence electrons. The van der Waals surface area contributed by atoms with Crippen LogP contribution in [-0.2, 0) is 24.7 Å². The SMILES string of the molecule is CON(C)S(=O)(=O)c1ccc(NC(=O)c2cc([N+](=O)[O-])cc(S(C)(=O)=O)c2)cc1. The highest BCUT2D eigenvalue weighted by Gasteiger charge is 2.21. The number of hydroxylamine groups is 1. The van der Waals surface area contributed by atoms with Crippen LogP contribution in [0.5, 0.6) is 0 Å². The molecule has 0 saturated heterocycles. The van der Waals surface area contributed by atoms with Crippen LogP contribution in [0.25, 0.3) is 0 Å². The molecule has 0 heterocycles. The highest BCUT2D eigenvalue weighted by atomic mass is 32.2. The maximum absolute atomic E-state index is 12.4. The van der Waals surface area contributed by atoms with E-state index in [0.717, 1.165) is 24.5 Å². The van der Waals surface area contributed by atoms with E-state index in [-0.39, 0.29) is 21.0 Å². The minimum absolute atomic E-state index is 0.0884. The average molecular weight is 443 g/mol. The maximum atomic E-state index is 12.4. The number of non-ortho nitro benzene ring substituents is 1. The van der Waals surface area contributed by atoms with Gasteiger partial charge in [0.25, 0.3) is 21.6 Å². The quantitative estimate of drug-likeness (QED) is 0.498. The number of sulfone groups is 1. The molecule has 0 aliphatic rings. The Bertz CT molecular complexity index is 1160. The fourth-order valence-electron chi connectivity index (χ4n) is 2.19. The number of hydrogen-bond donors (Lipinski definition) is 1. The van der Waals surface area contributed by atoms with Gasteiger partial charge in [-0.05, 0) is 30.3 Å². The van der Waals surface area contributed by atoms with Crippen LogP contribution in [-0.4, -0.2) is 52.5 Å². The molecular weight excluding hydrogens is 426 g/mol. The predicted molar refractivity (Wildman–Crippen MR) is 103 cm³/mol. The monoisotopic (exact) mass is 443 g/mol. The van der Waals surface area contributed by atoms with E-state index in [2.05, 4.69) is 10.2 Å². The Kier molecular flexibility index (Phi) is 6.37. The number of benzene rings is 2. The van der Waals surface area contributed by atoms with Crippen LogP contribution in [0.4, 0.5) is 11.4 Å². The number of anilines is 1. The number of sulfonamides is 1. The summed E-state index contributed by atoms with van der Waals surface area (Å²) in [5.41, 5.74) is -0.598. The first kappa shape index (κ1) is 22.4. The molecule has 0 fully saturated rings. The molecule has 0 unspecified atom stereocenters. The lowest BCUT2D eigenvalue weighted by Gasteiger charge is -2.14. The summed E-state index contributed by atoms with van der Waals surface area (Å²) in [6.45, 7) is 0. The summed E-state index contributed by atoms with van der Waals surface area (Å²) in [7, 11) is -5.25. The minimum atomic E-state index is -3.87. The van der Waals surface area contributed by atoms with Crippen molar-refractivity contribution < 1.29 is 31.4 Å². The van der Waals surface area contributed by atoms with Crippen molar-refractivity contribution in [1.82, 2.24) is 4.47 Å². The van der Waals surface area contributed by atoms with Gasteiger partial charge in [0.1, 0.15) is 0 Å². The fraction of sp³-hybridized carbons (Fsp3) is 0.188. The molecule has 1 amide bonds. The highest BCUT2D eigenvalue weighted by molar-refractivity contribution is 7.90. The van der Waals surface area contributed by atoms with E-state index in [9.17, 15) is 31.7 Å². The number of nitro groups is 1. The zero-order valence-corrected chi connectivity index (χ0v) is 17.2. The molecule has 0 saturated carbocycles. The lowest BCUT2D eigenvalue weighted by atomic mass is 10.2. The van der Waals surface area contributed by atoms with Gasteiger partial charge >= 0.3 is 0 Å². The predicted octanol–water partition coefficient (Wildman–Crippen LogP) is 1.43. The smallest absolute Gasteiger partial charge is 0.271 e. The van der Waals surface area contributed by atoms with Gasteiger partial charge in [-0.3, -0.25) is 19.7 Å². The average Bonchev–Trinajstić information content (AvgIpc) is 2.66. The van der Waals surface area contributed by atoms with Crippen LogP contribution in [0.15, 0.2) is 52.3 Å². The molecule has 0 aliphatic heterocycles. The third-order valence-electron chi connectivity index (χ3n) is 3.80. The van der Waals surface area contributed by atoms with Crippen LogP contribution in [0.3, 0.4) is 0 Å². The number of nitro benzene ring substituents is 1. The van der Waals surface area contributed by atoms with Gasteiger partial charge in [0, 0.05) is 36.7 Å². The van der Waals surface area contributed by atoms with Crippen molar-refractivity contribution in [3.63, 3.8) is 0 Å². The molecule has 0 atom stereocenters. The molecule has 2 aromatic rings. The number of nitrogens with one attached hydrogen (secondary N) is 1. The fourth-order valence-corrected chi connectivity index (χ4v) is 3.84. The Balaban J connectivity index is 2.33. The number of rotatable bonds is 7. The van der Waals surface area contributed by atoms with E-state index in [4.69, 9.17) is 0 Å².